The van der Waals surface area contributed by atoms with E-state index >= 15 is 0 Å². The van der Waals surface area contributed by atoms with Crippen molar-refractivity contribution >= 4 is 5.91 Å². The number of carbonyl (C=O) groups is 1. The van der Waals surface area contributed by atoms with Crippen molar-refractivity contribution in [2.75, 3.05) is 13.2 Å². The highest BCUT2D eigenvalue weighted by Crippen LogP contribution is 2.37. The third-order valence-corrected chi connectivity index (χ3v) is 12.7. The standard InChI is InChI=1S/C55H65NO15/c1-35-47(63-30-38-20-10-4-11-21-38)50(51(53(61)67-35)65-32-40-24-14-6-15-25-40)71-55-52(66-33-41-26-16-7-17-27-41)49(64-31-39-22-12-5-13-23-39)48(43(69-55)34-62-29-37-18-8-3-9-19-37)70-54-44(56-36(2)58)46(60)45(59)42(28-57)68-54/h3-27,35,42-55,57,59-61H,28-34H2,1-2H3,(H,56,58)/t35-,42+,43+,44-,45+,46+,47-,48+,49-,50+,51+,52+,53+,54-,55-/m0/s1. The molecule has 3 aliphatic heterocycles. The van der Waals surface area contributed by atoms with Gasteiger partial charge in [0.05, 0.1) is 52.4 Å². The molecule has 3 fully saturated rings. The molecule has 8 rings (SSSR count). The molecule has 0 radical (unpaired) electrons. The maximum atomic E-state index is 12.7. The molecule has 1 amide bonds. The lowest BCUT2D eigenvalue weighted by atomic mass is 9.94. The van der Waals surface area contributed by atoms with E-state index in [1.807, 2.05) is 152 Å². The molecule has 0 saturated carbocycles. The molecule has 3 heterocycles. The number of benzene rings is 5. The van der Waals surface area contributed by atoms with Gasteiger partial charge in [0.25, 0.3) is 0 Å². The predicted octanol–water partition coefficient (Wildman–Crippen LogP) is 4.72. The monoisotopic (exact) mass is 979 g/mol. The molecule has 0 aromatic heterocycles. The minimum Gasteiger partial charge on any atom is -0.394 e. The first-order chi connectivity index (χ1) is 34.6. The molecule has 16 heteroatoms. The molecule has 5 aromatic carbocycles. The SMILES string of the molecule is CC(=O)N[C@@H]1[C@H](O[C@H]2[C@H](OCc3ccccc3)[C@@H](OCc3ccccc3)[C@H](O[C@@H]3[C@@H](OCc4ccccc4)[C@H](C)O[C@@H](O)[C@@H]3OCc3ccccc3)O[C@@H]2COCc2ccccc2)O[C@H](CO)[C@@H](O)[C@@H]1O. The van der Waals surface area contributed by atoms with Crippen LogP contribution in [0.4, 0.5) is 0 Å². The van der Waals surface area contributed by atoms with Gasteiger partial charge in [0.2, 0.25) is 5.91 Å². The highest BCUT2D eigenvalue weighted by Gasteiger charge is 2.56. The summed E-state index contributed by atoms with van der Waals surface area (Å²) in [4.78, 5) is 12.7. The summed E-state index contributed by atoms with van der Waals surface area (Å²) in [7, 11) is 0. The molecular formula is C55H65NO15. The predicted molar refractivity (Wildman–Crippen MR) is 256 cm³/mol. The Morgan fingerprint density at radius 2 is 0.915 bits per heavy atom. The van der Waals surface area contributed by atoms with Crippen LogP contribution in [-0.4, -0.2) is 132 Å². The summed E-state index contributed by atoms with van der Waals surface area (Å²) in [5, 5.41) is 47.2. The van der Waals surface area contributed by atoms with Gasteiger partial charge in [-0.25, -0.2) is 0 Å². The Bertz CT molecular complexity index is 2250. The van der Waals surface area contributed by atoms with Crippen molar-refractivity contribution in [3.63, 3.8) is 0 Å². The van der Waals surface area contributed by atoms with Crippen molar-refractivity contribution in [2.45, 2.75) is 139 Å². The van der Waals surface area contributed by atoms with Gasteiger partial charge in [0.1, 0.15) is 67.1 Å². The molecule has 71 heavy (non-hydrogen) atoms. The lowest BCUT2D eigenvalue weighted by Crippen LogP contribution is -2.69. The van der Waals surface area contributed by atoms with Gasteiger partial charge < -0.3 is 73.1 Å². The van der Waals surface area contributed by atoms with Gasteiger partial charge in [-0.1, -0.05) is 152 Å². The number of nitrogens with one attached hydrogen (secondary N) is 1. The van der Waals surface area contributed by atoms with E-state index in [2.05, 4.69) is 5.32 Å². The summed E-state index contributed by atoms with van der Waals surface area (Å²) < 4.78 is 66.9. The van der Waals surface area contributed by atoms with E-state index in [-0.39, 0.29) is 39.6 Å². The Kier molecular flexibility index (Phi) is 19.2. The molecule has 3 saturated heterocycles. The van der Waals surface area contributed by atoms with Crippen LogP contribution in [0.3, 0.4) is 0 Å². The number of rotatable bonds is 22. The molecule has 0 aliphatic carbocycles. The van der Waals surface area contributed by atoms with Gasteiger partial charge in [-0.05, 0) is 34.7 Å². The number of hydrogen-bond acceptors (Lipinski definition) is 15. The van der Waals surface area contributed by atoms with Gasteiger partial charge in [-0.2, -0.15) is 0 Å². The van der Waals surface area contributed by atoms with Crippen molar-refractivity contribution < 1.29 is 72.6 Å². The van der Waals surface area contributed by atoms with Crippen molar-refractivity contribution in [3.05, 3.63) is 179 Å². The Labute approximate surface area is 414 Å². The summed E-state index contributed by atoms with van der Waals surface area (Å²) in [6.07, 6.45) is -16.9. The number of amides is 1. The first-order valence-corrected chi connectivity index (χ1v) is 24.1. The third kappa shape index (κ3) is 14.2. The van der Waals surface area contributed by atoms with Crippen LogP contribution < -0.4 is 5.32 Å². The fraction of sp³-hybridized carbons (Fsp3) is 0.436. The minimum absolute atomic E-state index is 0.0563. The molecule has 15 atom stereocenters. The zero-order chi connectivity index (χ0) is 49.5. The van der Waals surface area contributed by atoms with Crippen molar-refractivity contribution in [2.24, 2.45) is 0 Å². The van der Waals surface area contributed by atoms with Gasteiger partial charge in [-0.15, -0.1) is 0 Å². The van der Waals surface area contributed by atoms with Crippen LogP contribution in [0, 0.1) is 0 Å². The average Bonchev–Trinajstić information content (AvgIpc) is 3.39. The first-order valence-electron chi connectivity index (χ1n) is 24.1. The number of hydrogen-bond donors (Lipinski definition) is 5. The normalized spacial score (nSPS) is 30.9. The van der Waals surface area contributed by atoms with Gasteiger partial charge >= 0.3 is 0 Å². The Balaban J connectivity index is 1.21. The molecule has 3 aliphatic rings. The minimum atomic E-state index is -1.61. The number of aliphatic hydroxyl groups is 4. The lowest BCUT2D eigenvalue weighted by molar-refractivity contribution is -0.384. The van der Waals surface area contributed by atoms with E-state index in [1.165, 1.54) is 6.92 Å². The molecule has 0 unspecified atom stereocenters. The van der Waals surface area contributed by atoms with E-state index in [0.29, 0.717) is 0 Å². The number of ether oxygens (including phenoxy) is 10. The van der Waals surface area contributed by atoms with Crippen LogP contribution in [0.15, 0.2) is 152 Å². The second-order valence-corrected chi connectivity index (χ2v) is 18.0. The van der Waals surface area contributed by atoms with Crippen LogP contribution >= 0.6 is 0 Å². The van der Waals surface area contributed by atoms with Crippen LogP contribution in [-0.2, 0) is 85.2 Å². The van der Waals surface area contributed by atoms with E-state index in [0.717, 1.165) is 27.8 Å². The van der Waals surface area contributed by atoms with Crippen LogP contribution in [0.2, 0.25) is 0 Å². The van der Waals surface area contributed by atoms with Crippen molar-refractivity contribution in [1.29, 1.82) is 0 Å². The molecular weight excluding hydrogens is 915 g/mol. The zero-order valence-electron chi connectivity index (χ0n) is 39.8. The number of carbonyl (C=O) groups excluding carboxylic acids is 1. The molecule has 5 N–H and O–H groups in total. The molecule has 5 aromatic rings. The van der Waals surface area contributed by atoms with Gasteiger partial charge in [0, 0.05) is 6.92 Å². The Morgan fingerprint density at radius 3 is 1.39 bits per heavy atom. The smallest absolute Gasteiger partial charge is 0.217 e. The Hall–Kier alpha value is -4.99. The maximum absolute atomic E-state index is 12.7. The fourth-order valence-electron chi connectivity index (χ4n) is 9.04. The largest absolute Gasteiger partial charge is 0.394 e. The van der Waals surface area contributed by atoms with Gasteiger partial charge in [0.15, 0.2) is 18.9 Å². The third-order valence-electron chi connectivity index (χ3n) is 12.7. The second-order valence-electron chi connectivity index (χ2n) is 18.0. The highest BCUT2D eigenvalue weighted by molar-refractivity contribution is 5.73. The maximum Gasteiger partial charge on any atom is 0.217 e. The lowest BCUT2D eigenvalue weighted by Gasteiger charge is -2.51. The number of aliphatic hydroxyl groups excluding tert-OH is 4. The molecule has 16 nitrogen and oxygen atoms in total. The van der Waals surface area contributed by atoms with Crippen LogP contribution in [0.1, 0.15) is 41.7 Å². The van der Waals surface area contributed by atoms with E-state index < -0.39 is 105 Å². The summed E-state index contributed by atoms with van der Waals surface area (Å²) in [6, 6.07) is 46.5. The van der Waals surface area contributed by atoms with Crippen molar-refractivity contribution in [3.8, 4) is 0 Å². The summed E-state index contributed by atoms with van der Waals surface area (Å²) in [5.41, 5.74) is 4.29. The average molecular weight is 980 g/mol. The van der Waals surface area contributed by atoms with E-state index in [1.54, 1.807) is 6.92 Å². The quantitative estimate of drug-likeness (QED) is 0.0638. The molecule has 380 valence electrons. The molecule has 0 bridgehead atoms. The first kappa shape index (κ1) is 52.3. The van der Waals surface area contributed by atoms with E-state index in [9.17, 15) is 25.2 Å². The fourth-order valence-corrected chi connectivity index (χ4v) is 9.04. The van der Waals surface area contributed by atoms with Gasteiger partial charge in [-0.3, -0.25) is 4.79 Å². The van der Waals surface area contributed by atoms with Crippen LogP contribution in [0.5, 0.6) is 0 Å². The second kappa shape index (κ2) is 26.1. The summed E-state index contributed by atoms with van der Waals surface area (Å²) in [5.74, 6) is -0.529. The van der Waals surface area contributed by atoms with E-state index in [4.69, 9.17) is 47.4 Å². The zero-order valence-corrected chi connectivity index (χ0v) is 39.8. The Morgan fingerprint density at radius 1 is 0.493 bits per heavy atom. The molecule has 0 spiro atoms. The van der Waals surface area contributed by atoms with Crippen LogP contribution in [0.25, 0.3) is 0 Å². The topological polar surface area (TPSA) is 202 Å². The summed E-state index contributed by atoms with van der Waals surface area (Å²) >= 11 is 0. The summed E-state index contributed by atoms with van der Waals surface area (Å²) in [6.45, 7) is 2.86. The van der Waals surface area contributed by atoms with Crippen molar-refractivity contribution in [1.82, 2.24) is 5.32 Å². The highest BCUT2D eigenvalue weighted by atomic mass is 16.8.